The normalized spacial score (nSPS) is 13.5. The molecule has 0 aliphatic heterocycles. The van der Waals surface area contributed by atoms with Crippen molar-refractivity contribution in [2.24, 2.45) is 7.05 Å². The Kier molecular flexibility index (Phi) is 7.62. The molecule has 1 N–H and O–H groups in total. The number of benzene rings is 1. The number of pyridine rings is 1. The van der Waals surface area contributed by atoms with Crippen molar-refractivity contribution < 1.29 is 23.5 Å². The molecule has 0 fully saturated rings. The van der Waals surface area contributed by atoms with Crippen molar-refractivity contribution in [3.8, 4) is 11.6 Å². The Morgan fingerprint density at radius 1 is 0.946 bits per heavy atom. The predicted octanol–water partition coefficient (Wildman–Crippen LogP) is 4.37. The highest BCUT2D eigenvalue weighted by molar-refractivity contribution is 5.90. The summed E-state index contributed by atoms with van der Waals surface area (Å²) in [4.78, 5) is 38.0. The molecule has 2 heterocycles. The van der Waals surface area contributed by atoms with Gasteiger partial charge in [0.2, 0.25) is 5.89 Å². The van der Waals surface area contributed by atoms with Gasteiger partial charge in [-0.3, -0.25) is 4.79 Å². The van der Waals surface area contributed by atoms with Crippen LogP contribution in [0.2, 0.25) is 0 Å². The Bertz CT molecular complexity index is 1330. The fourth-order valence-electron chi connectivity index (χ4n) is 3.55. The summed E-state index contributed by atoms with van der Waals surface area (Å²) in [5.74, 6) is -0.538. The number of nitrogens with one attached hydrogen (secondary N) is 1. The van der Waals surface area contributed by atoms with Crippen molar-refractivity contribution in [2.75, 3.05) is 0 Å². The molecule has 0 radical (unpaired) electrons. The van der Waals surface area contributed by atoms with Crippen LogP contribution in [0, 0.1) is 0 Å². The van der Waals surface area contributed by atoms with Crippen LogP contribution in [0.15, 0.2) is 51.7 Å². The summed E-state index contributed by atoms with van der Waals surface area (Å²) in [7, 11) is 1.53. The second-order valence-corrected chi connectivity index (χ2v) is 11.1. The molecular formula is C27H34N4O6. The maximum absolute atomic E-state index is 12.7. The first-order valence-electron chi connectivity index (χ1n) is 11.9. The molecule has 10 heteroatoms. The average Bonchev–Trinajstić information content (AvgIpc) is 3.24. The van der Waals surface area contributed by atoms with Crippen molar-refractivity contribution in [3.05, 3.63) is 69.8 Å². The molecule has 37 heavy (non-hydrogen) atoms. The molecule has 0 unspecified atom stereocenters. The third kappa shape index (κ3) is 7.28. The summed E-state index contributed by atoms with van der Waals surface area (Å²) in [6, 6.07) is 12.2. The van der Waals surface area contributed by atoms with Crippen molar-refractivity contribution in [1.29, 1.82) is 0 Å². The predicted molar refractivity (Wildman–Crippen MR) is 137 cm³/mol. The largest absolute Gasteiger partial charge is 0.456 e. The number of carbonyl (C=O) groups is 2. The molecule has 3 aromatic rings. The van der Waals surface area contributed by atoms with Crippen molar-refractivity contribution in [3.63, 3.8) is 0 Å². The number of nitrogens with zero attached hydrogens (tertiary/aromatic N) is 3. The van der Waals surface area contributed by atoms with Gasteiger partial charge in [0.1, 0.15) is 22.4 Å². The molecule has 0 bridgehead atoms. The number of alkyl carbamates (subject to hydrolysis) is 1. The molecular weight excluding hydrogens is 476 g/mol. The lowest BCUT2D eigenvalue weighted by Crippen LogP contribution is -2.47. The number of esters is 1. The van der Waals surface area contributed by atoms with Gasteiger partial charge in [0.15, 0.2) is 0 Å². The highest BCUT2D eigenvalue weighted by Crippen LogP contribution is 2.28. The van der Waals surface area contributed by atoms with Crippen LogP contribution in [-0.2, 0) is 28.5 Å². The molecule has 0 saturated heterocycles. The molecule has 0 aliphatic rings. The maximum atomic E-state index is 12.7. The molecule has 1 aromatic carbocycles. The minimum absolute atomic E-state index is 0.00489. The van der Waals surface area contributed by atoms with Crippen LogP contribution >= 0.6 is 0 Å². The fraction of sp³-hybridized carbons (Fsp3) is 0.444. The lowest BCUT2D eigenvalue weighted by Gasteiger charge is -2.29. The highest BCUT2D eigenvalue weighted by Gasteiger charge is 2.37. The van der Waals surface area contributed by atoms with Gasteiger partial charge in [0.05, 0.1) is 5.56 Å². The van der Waals surface area contributed by atoms with Gasteiger partial charge >= 0.3 is 12.1 Å². The zero-order valence-corrected chi connectivity index (χ0v) is 22.5. The van der Waals surface area contributed by atoms with Crippen LogP contribution in [0.1, 0.15) is 70.3 Å². The van der Waals surface area contributed by atoms with Crippen LogP contribution in [0.25, 0.3) is 11.6 Å². The van der Waals surface area contributed by atoms with E-state index in [1.165, 1.54) is 23.7 Å². The van der Waals surface area contributed by atoms with Gasteiger partial charge in [-0.05, 0) is 60.1 Å². The summed E-state index contributed by atoms with van der Waals surface area (Å²) in [5, 5.41) is 11.2. The summed E-state index contributed by atoms with van der Waals surface area (Å²) in [6.45, 7) is 12.3. The Morgan fingerprint density at radius 3 is 2.16 bits per heavy atom. The highest BCUT2D eigenvalue weighted by atomic mass is 16.6. The Balaban J connectivity index is 2.02. The quantitative estimate of drug-likeness (QED) is 0.485. The number of hydrogen-bond acceptors (Lipinski definition) is 8. The van der Waals surface area contributed by atoms with Gasteiger partial charge < -0.3 is 23.8 Å². The number of carbonyl (C=O) groups excluding carboxylic acids is 2. The molecule has 1 amide bonds. The van der Waals surface area contributed by atoms with Crippen LogP contribution in [0.3, 0.4) is 0 Å². The molecule has 198 valence electrons. The average molecular weight is 511 g/mol. The van der Waals surface area contributed by atoms with E-state index in [0.717, 1.165) is 5.56 Å². The number of hydrogen-bond donors (Lipinski definition) is 1. The summed E-state index contributed by atoms with van der Waals surface area (Å²) in [5.41, 5.74) is -1.83. The topological polar surface area (TPSA) is 126 Å². The van der Waals surface area contributed by atoms with E-state index < -0.39 is 34.4 Å². The molecule has 2 aromatic heterocycles. The molecule has 1 atom stereocenters. The standard InChI is InChI=1S/C27H34N4O6/c1-25(2,3)36-22(33)18-14-19(31(8)20(32)15-18)21-29-30-23(35-21)27(7,16-17-12-10-9-11-13-17)28-24(34)37-26(4,5)6/h9-15H,16H2,1-8H3,(H,28,34)/t27-/m1/s1. The summed E-state index contributed by atoms with van der Waals surface area (Å²) >= 11 is 0. The van der Waals surface area contributed by atoms with Crippen LogP contribution < -0.4 is 10.9 Å². The monoisotopic (exact) mass is 510 g/mol. The van der Waals surface area contributed by atoms with E-state index in [4.69, 9.17) is 13.9 Å². The number of amides is 1. The van der Waals surface area contributed by atoms with Crippen molar-refractivity contribution in [2.45, 2.75) is 71.6 Å². The third-order valence-corrected chi connectivity index (χ3v) is 5.19. The molecule has 0 saturated carbocycles. The van der Waals surface area contributed by atoms with Gasteiger partial charge in [-0.25, -0.2) is 9.59 Å². The third-order valence-electron chi connectivity index (χ3n) is 5.19. The molecule has 0 aliphatic carbocycles. The van der Waals surface area contributed by atoms with Crippen molar-refractivity contribution >= 4 is 12.1 Å². The zero-order valence-electron chi connectivity index (χ0n) is 22.5. The van der Waals surface area contributed by atoms with Crippen molar-refractivity contribution in [1.82, 2.24) is 20.1 Å². The van der Waals surface area contributed by atoms with Gasteiger partial charge in [0, 0.05) is 19.5 Å². The van der Waals surface area contributed by atoms with Crippen LogP contribution in [0.5, 0.6) is 0 Å². The lowest BCUT2D eigenvalue weighted by atomic mass is 9.92. The Morgan fingerprint density at radius 2 is 1.57 bits per heavy atom. The van der Waals surface area contributed by atoms with E-state index >= 15 is 0 Å². The van der Waals surface area contributed by atoms with Gasteiger partial charge in [-0.15, -0.1) is 10.2 Å². The van der Waals surface area contributed by atoms with Crippen LogP contribution in [-0.4, -0.2) is 38.0 Å². The maximum Gasteiger partial charge on any atom is 0.408 e. The summed E-state index contributed by atoms with van der Waals surface area (Å²) < 4.78 is 18.2. The number of ether oxygens (including phenoxy) is 2. The fourth-order valence-corrected chi connectivity index (χ4v) is 3.55. The number of aromatic nitrogens is 3. The molecule has 10 nitrogen and oxygen atoms in total. The van der Waals surface area contributed by atoms with E-state index in [9.17, 15) is 14.4 Å². The SMILES string of the molecule is Cn1c(-c2nnc([C@@](C)(Cc3ccccc3)NC(=O)OC(C)(C)C)o2)cc(C(=O)OC(C)(C)C)cc1=O. The Labute approximate surface area is 216 Å². The lowest BCUT2D eigenvalue weighted by molar-refractivity contribution is 0.00687. The minimum atomic E-state index is -1.14. The second-order valence-electron chi connectivity index (χ2n) is 11.1. The van der Waals surface area contributed by atoms with Gasteiger partial charge in [-0.1, -0.05) is 30.3 Å². The molecule has 0 spiro atoms. The van der Waals surface area contributed by atoms with Gasteiger partial charge in [-0.2, -0.15) is 0 Å². The van der Waals surface area contributed by atoms with E-state index in [1.54, 1.807) is 48.5 Å². The van der Waals surface area contributed by atoms with E-state index in [2.05, 4.69) is 15.5 Å². The van der Waals surface area contributed by atoms with E-state index in [0.29, 0.717) is 6.42 Å². The Hall–Kier alpha value is -3.95. The first-order valence-corrected chi connectivity index (χ1v) is 11.9. The van der Waals surface area contributed by atoms with Gasteiger partial charge in [0.25, 0.3) is 11.4 Å². The smallest absolute Gasteiger partial charge is 0.408 e. The van der Waals surface area contributed by atoms with E-state index in [1.807, 2.05) is 30.3 Å². The minimum Gasteiger partial charge on any atom is -0.456 e. The summed E-state index contributed by atoms with van der Waals surface area (Å²) in [6.07, 6.45) is -0.323. The number of rotatable bonds is 6. The molecule has 3 rings (SSSR count). The zero-order chi connectivity index (χ0) is 27.6. The van der Waals surface area contributed by atoms with E-state index in [-0.39, 0.29) is 23.0 Å². The second kappa shape index (κ2) is 10.2. The first kappa shape index (κ1) is 27.6. The van der Waals surface area contributed by atoms with Crippen LogP contribution in [0.4, 0.5) is 4.79 Å². The first-order chi connectivity index (χ1) is 17.1.